The molecule has 2 N–H and O–H groups in total. The molecule has 0 aliphatic heterocycles. The van der Waals surface area contributed by atoms with Crippen molar-refractivity contribution in [3.63, 3.8) is 0 Å². The number of aryl methyl sites for hydroxylation is 1. The summed E-state index contributed by atoms with van der Waals surface area (Å²) in [6, 6.07) is 8.73. The molecule has 0 amide bonds. The van der Waals surface area contributed by atoms with Gasteiger partial charge < -0.3 is 10.4 Å². The fourth-order valence-electron chi connectivity index (χ4n) is 1.64. The summed E-state index contributed by atoms with van der Waals surface area (Å²) >= 11 is 18.2. The standard InChI is InChI=1S/C14H12Cl3NO/c1-8-2-3-9(6-13(8)19)18-7-10-11(15)4-5-12(16)14(10)17/h2-6,18-19H,7H2,1H3. The minimum absolute atomic E-state index is 0.244. The maximum Gasteiger partial charge on any atom is 0.120 e. The third-order valence-electron chi connectivity index (χ3n) is 2.82. The van der Waals surface area contributed by atoms with E-state index in [1.54, 1.807) is 18.2 Å². The zero-order chi connectivity index (χ0) is 14.0. The molecule has 0 fully saturated rings. The van der Waals surface area contributed by atoms with Crippen LogP contribution in [0.25, 0.3) is 0 Å². The molecule has 0 saturated heterocycles. The van der Waals surface area contributed by atoms with Crippen LogP contribution < -0.4 is 5.32 Å². The van der Waals surface area contributed by atoms with Gasteiger partial charge in [-0.3, -0.25) is 0 Å². The lowest BCUT2D eigenvalue weighted by Gasteiger charge is -2.11. The van der Waals surface area contributed by atoms with Gasteiger partial charge in [0.05, 0.1) is 10.0 Å². The predicted molar refractivity (Wildman–Crippen MR) is 81.6 cm³/mol. The van der Waals surface area contributed by atoms with Gasteiger partial charge >= 0.3 is 0 Å². The lowest BCUT2D eigenvalue weighted by molar-refractivity contribution is 0.471. The van der Waals surface area contributed by atoms with E-state index in [0.717, 1.165) is 16.8 Å². The van der Waals surface area contributed by atoms with E-state index in [4.69, 9.17) is 34.8 Å². The summed E-state index contributed by atoms with van der Waals surface area (Å²) in [6.45, 7) is 2.27. The van der Waals surface area contributed by atoms with Crippen molar-refractivity contribution in [3.8, 4) is 5.75 Å². The lowest BCUT2D eigenvalue weighted by Crippen LogP contribution is -2.01. The summed E-state index contributed by atoms with van der Waals surface area (Å²) in [5, 5.41) is 14.3. The predicted octanol–water partition coefficient (Wildman–Crippen LogP) is 5.27. The molecule has 2 nitrogen and oxygen atoms in total. The summed E-state index contributed by atoms with van der Waals surface area (Å²) in [7, 11) is 0. The largest absolute Gasteiger partial charge is 0.508 e. The van der Waals surface area contributed by atoms with E-state index in [1.807, 2.05) is 19.1 Å². The molecule has 2 aromatic carbocycles. The molecule has 0 spiro atoms. The maximum atomic E-state index is 9.64. The van der Waals surface area contributed by atoms with Crippen LogP contribution >= 0.6 is 34.8 Å². The number of nitrogens with one attached hydrogen (secondary N) is 1. The molecule has 0 aliphatic rings. The highest BCUT2D eigenvalue weighted by atomic mass is 35.5. The van der Waals surface area contributed by atoms with Crippen molar-refractivity contribution < 1.29 is 5.11 Å². The van der Waals surface area contributed by atoms with Crippen LogP contribution in [0.3, 0.4) is 0 Å². The number of benzene rings is 2. The van der Waals surface area contributed by atoms with Gasteiger partial charge in [0, 0.05) is 28.9 Å². The molecular formula is C14H12Cl3NO. The van der Waals surface area contributed by atoms with Gasteiger partial charge in [-0.25, -0.2) is 0 Å². The van der Waals surface area contributed by atoms with Crippen LogP contribution in [0.15, 0.2) is 30.3 Å². The van der Waals surface area contributed by atoms with Gasteiger partial charge in [0.25, 0.3) is 0 Å². The number of anilines is 1. The Bertz CT molecular complexity index is 614. The van der Waals surface area contributed by atoms with Crippen molar-refractivity contribution in [2.75, 3.05) is 5.32 Å². The van der Waals surface area contributed by atoms with Gasteiger partial charge in [-0.2, -0.15) is 0 Å². The quantitative estimate of drug-likeness (QED) is 0.756. The van der Waals surface area contributed by atoms with Crippen LogP contribution in [-0.4, -0.2) is 5.11 Å². The van der Waals surface area contributed by atoms with Crippen LogP contribution in [0.4, 0.5) is 5.69 Å². The number of halogens is 3. The second kappa shape index (κ2) is 5.91. The maximum absolute atomic E-state index is 9.64. The molecule has 0 aliphatic carbocycles. The number of phenolic OH excluding ortho intramolecular Hbond substituents is 1. The molecule has 0 bridgehead atoms. The van der Waals surface area contributed by atoms with Gasteiger partial charge in [0.2, 0.25) is 0 Å². The Morgan fingerprint density at radius 1 is 1.05 bits per heavy atom. The Kier molecular flexibility index (Phi) is 4.46. The van der Waals surface area contributed by atoms with Crippen molar-refractivity contribution in [1.82, 2.24) is 0 Å². The zero-order valence-corrected chi connectivity index (χ0v) is 12.4. The molecule has 5 heteroatoms. The smallest absolute Gasteiger partial charge is 0.120 e. The minimum atomic E-state index is 0.244. The summed E-state index contributed by atoms with van der Waals surface area (Å²) in [5.74, 6) is 0.244. The van der Waals surface area contributed by atoms with E-state index < -0.39 is 0 Å². The van der Waals surface area contributed by atoms with Crippen molar-refractivity contribution in [1.29, 1.82) is 0 Å². The third-order valence-corrected chi connectivity index (χ3v) is 4.01. The second-order valence-electron chi connectivity index (χ2n) is 4.18. The number of hydrogen-bond donors (Lipinski definition) is 2. The van der Waals surface area contributed by atoms with Crippen molar-refractivity contribution in [2.24, 2.45) is 0 Å². The highest BCUT2D eigenvalue weighted by Crippen LogP contribution is 2.32. The topological polar surface area (TPSA) is 32.3 Å². The van der Waals surface area contributed by atoms with Crippen LogP contribution in [0.5, 0.6) is 5.75 Å². The molecular weight excluding hydrogens is 305 g/mol. The first-order valence-electron chi connectivity index (χ1n) is 5.65. The molecule has 0 aromatic heterocycles. The normalized spacial score (nSPS) is 10.5. The van der Waals surface area contributed by atoms with Crippen LogP contribution in [0.1, 0.15) is 11.1 Å². The van der Waals surface area contributed by atoms with E-state index in [0.29, 0.717) is 21.6 Å². The molecule has 0 unspecified atom stereocenters. The second-order valence-corrected chi connectivity index (χ2v) is 5.37. The van der Waals surface area contributed by atoms with E-state index >= 15 is 0 Å². The molecule has 0 heterocycles. The molecule has 0 atom stereocenters. The van der Waals surface area contributed by atoms with E-state index in [2.05, 4.69) is 5.32 Å². The fourth-order valence-corrected chi connectivity index (χ4v) is 2.32. The number of aromatic hydroxyl groups is 1. The molecule has 0 radical (unpaired) electrons. The summed E-state index contributed by atoms with van der Waals surface area (Å²) < 4.78 is 0. The Morgan fingerprint density at radius 2 is 1.74 bits per heavy atom. The third kappa shape index (κ3) is 3.27. The first-order valence-corrected chi connectivity index (χ1v) is 6.78. The van der Waals surface area contributed by atoms with Gasteiger partial charge in [-0.05, 0) is 30.7 Å². The van der Waals surface area contributed by atoms with Crippen molar-refractivity contribution in [3.05, 3.63) is 56.5 Å². The Morgan fingerprint density at radius 3 is 2.42 bits per heavy atom. The first-order chi connectivity index (χ1) is 8.99. The number of hydrogen-bond acceptors (Lipinski definition) is 2. The Hall–Kier alpha value is -1.09. The molecule has 0 saturated carbocycles. The highest BCUT2D eigenvalue weighted by molar-refractivity contribution is 6.44. The zero-order valence-electron chi connectivity index (χ0n) is 10.2. The van der Waals surface area contributed by atoms with E-state index in [-0.39, 0.29) is 5.75 Å². The molecule has 19 heavy (non-hydrogen) atoms. The summed E-state index contributed by atoms with van der Waals surface area (Å²) in [5.41, 5.74) is 2.34. The fraction of sp³-hybridized carbons (Fsp3) is 0.143. The van der Waals surface area contributed by atoms with Crippen LogP contribution in [0, 0.1) is 6.92 Å². The average Bonchev–Trinajstić information content (AvgIpc) is 2.38. The number of rotatable bonds is 3. The molecule has 2 rings (SSSR count). The van der Waals surface area contributed by atoms with Crippen LogP contribution in [0.2, 0.25) is 15.1 Å². The highest BCUT2D eigenvalue weighted by Gasteiger charge is 2.09. The Balaban J connectivity index is 2.19. The van der Waals surface area contributed by atoms with E-state index in [1.165, 1.54) is 0 Å². The van der Waals surface area contributed by atoms with Gasteiger partial charge in [0.1, 0.15) is 5.75 Å². The van der Waals surface area contributed by atoms with Crippen molar-refractivity contribution >= 4 is 40.5 Å². The monoisotopic (exact) mass is 315 g/mol. The van der Waals surface area contributed by atoms with Gasteiger partial charge in [0.15, 0.2) is 0 Å². The number of phenols is 1. The Labute approximate surface area is 126 Å². The SMILES string of the molecule is Cc1ccc(NCc2c(Cl)ccc(Cl)c2Cl)cc1O. The van der Waals surface area contributed by atoms with Crippen molar-refractivity contribution in [2.45, 2.75) is 13.5 Å². The summed E-state index contributed by atoms with van der Waals surface area (Å²) in [4.78, 5) is 0. The minimum Gasteiger partial charge on any atom is -0.508 e. The summed E-state index contributed by atoms with van der Waals surface area (Å²) in [6.07, 6.45) is 0. The van der Waals surface area contributed by atoms with E-state index in [9.17, 15) is 5.11 Å². The molecule has 100 valence electrons. The first kappa shape index (κ1) is 14.3. The van der Waals surface area contributed by atoms with Crippen LogP contribution in [-0.2, 0) is 6.54 Å². The average molecular weight is 317 g/mol. The van der Waals surface area contributed by atoms with Gasteiger partial charge in [-0.15, -0.1) is 0 Å². The lowest BCUT2D eigenvalue weighted by atomic mass is 10.2. The van der Waals surface area contributed by atoms with Gasteiger partial charge in [-0.1, -0.05) is 40.9 Å². The molecule has 2 aromatic rings.